The fourth-order valence-electron chi connectivity index (χ4n) is 3.24. The molecule has 2 N–H and O–H groups in total. The first-order valence-corrected chi connectivity index (χ1v) is 7.49. The number of nitrogens with two attached hydrogens (primary N) is 1. The average molecular weight is 255 g/mol. The third kappa shape index (κ3) is 4.50. The fraction of sp³-hybridized carbons (Fsp3) is 1.00. The van der Waals surface area contributed by atoms with E-state index in [-0.39, 0.29) is 0 Å². The molecule has 106 valence electrons. The van der Waals surface area contributed by atoms with Gasteiger partial charge in [-0.25, -0.2) is 5.01 Å². The molecule has 2 saturated heterocycles. The van der Waals surface area contributed by atoms with Crippen LogP contribution < -0.4 is 5.84 Å². The Bertz CT molecular complexity index is 221. The number of methoxy groups -OCH3 is 1. The molecule has 0 radical (unpaired) electrons. The second kappa shape index (κ2) is 7.43. The lowest BCUT2D eigenvalue weighted by Crippen LogP contribution is -2.43. The van der Waals surface area contributed by atoms with Crippen LogP contribution in [0.25, 0.3) is 0 Å². The van der Waals surface area contributed by atoms with Crippen molar-refractivity contribution in [2.45, 2.75) is 32.1 Å². The second-order valence-electron chi connectivity index (χ2n) is 6.00. The van der Waals surface area contributed by atoms with Crippen molar-refractivity contribution in [1.29, 1.82) is 0 Å². The number of rotatable bonds is 5. The number of hydrogen-bond acceptors (Lipinski definition) is 4. The highest BCUT2D eigenvalue weighted by molar-refractivity contribution is 4.77. The Labute approximate surface area is 111 Å². The molecule has 0 aromatic carbocycles. The Balaban J connectivity index is 1.61. The highest BCUT2D eigenvalue weighted by Gasteiger charge is 2.23. The zero-order valence-corrected chi connectivity index (χ0v) is 11.8. The normalized spacial score (nSPS) is 25.7. The van der Waals surface area contributed by atoms with Gasteiger partial charge >= 0.3 is 0 Å². The largest absolute Gasteiger partial charge is 0.385 e. The third-order valence-corrected chi connectivity index (χ3v) is 4.60. The molecule has 4 nitrogen and oxygen atoms in total. The van der Waals surface area contributed by atoms with Crippen LogP contribution >= 0.6 is 0 Å². The predicted molar refractivity (Wildman–Crippen MR) is 74.1 cm³/mol. The molecule has 18 heavy (non-hydrogen) atoms. The minimum atomic E-state index is 0.875. The molecule has 0 aliphatic carbocycles. The maximum Gasteiger partial charge on any atom is 0.0464 e. The first-order valence-electron chi connectivity index (χ1n) is 7.49. The lowest BCUT2D eigenvalue weighted by molar-refractivity contribution is 0.104. The summed E-state index contributed by atoms with van der Waals surface area (Å²) in [4.78, 5) is 2.67. The van der Waals surface area contributed by atoms with Crippen molar-refractivity contribution in [2.24, 2.45) is 17.7 Å². The maximum absolute atomic E-state index is 5.80. The summed E-state index contributed by atoms with van der Waals surface area (Å²) in [5, 5.41) is 1.97. The van der Waals surface area contributed by atoms with E-state index in [0.29, 0.717) is 0 Å². The van der Waals surface area contributed by atoms with Crippen LogP contribution in [0.15, 0.2) is 0 Å². The van der Waals surface area contributed by atoms with Crippen molar-refractivity contribution in [1.82, 2.24) is 9.91 Å². The van der Waals surface area contributed by atoms with E-state index < -0.39 is 0 Å². The van der Waals surface area contributed by atoms with Crippen LogP contribution in [0.4, 0.5) is 0 Å². The lowest BCUT2D eigenvalue weighted by atomic mass is 9.91. The lowest BCUT2D eigenvalue weighted by Gasteiger charge is -2.36. The van der Waals surface area contributed by atoms with Crippen molar-refractivity contribution < 1.29 is 4.74 Å². The van der Waals surface area contributed by atoms with Crippen LogP contribution in [0.1, 0.15) is 32.1 Å². The van der Waals surface area contributed by atoms with Gasteiger partial charge in [-0.2, -0.15) is 0 Å². The smallest absolute Gasteiger partial charge is 0.0464 e. The Hall–Kier alpha value is -0.160. The van der Waals surface area contributed by atoms with E-state index in [1.165, 1.54) is 51.7 Å². The molecule has 2 aliphatic heterocycles. The Morgan fingerprint density at radius 3 is 2.22 bits per heavy atom. The first kappa shape index (κ1) is 14.3. The third-order valence-electron chi connectivity index (χ3n) is 4.60. The molecule has 4 heteroatoms. The van der Waals surface area contributed by atoms with Crippen LogP contribution in [-0.4, -0.2) is 56.3 Å². The molecule has 2 rings (SSSR count). The summed E-state index contributed by atoms with van der Waals surface area (Å²) in [6.07, 6.45) is 6.52. The topological polar surface area (TPSA) is 41.7 Å². The molecule has 0 amide bonds. The minimum Gasteiger partial charge on any atom is -0.385 e. The van der Waals surface area contributed by atoms with Crippen molar-refractivity contribution in [3.63, 3.8) is 0 Å². The molecule has 0 spiro atoms. The molecular formula is C14H29N3O. The Kier molecular flexibility index (Phi) is 5.89. The quantitative estimate of drug-likeness (QED) is 0.752. The molecule has 0 aromatic heterocycles. The van der Waals surface area contributed by atoms with Gasteiger partial charge in [0.05, 0.1) is 0 Å². The van der Waals surface area contributed by atoms with Gasteiger partial charge in [0.15, 0.2) is 0 Å². The van der Waals surface area contributed by atoms with Gasteiger partial charge in [0.2, 0.25) is 0 Å². The van der Waals surface area contributed by atoms with E-state index in [0.717, 1.165) is 31.5 Å². The van der Waals surface area contributed by atoms with Gasteiger partial charge in [-0.15, -0.1) is 0 Å². The van der Waals surface area contributed by atoms with Crippen LogP contribution in [-0.2, 0) is 4.74 Å². The number of piperidine rings is 2. The van der Waals surface area contributed by atoms with E-state index in [9.17, 15) is 0 Å². The molecule has 2 heterocycles. The monoisotopic (exact) mass is 255 g/mol. The van der Waals surface area contributed by atoms with E-state index in [1.54, 1.807) is 7.11 Å². The van der Waals surface area contributed by atoms with Crippen LogP contribution in [0.2, 0.25) is 0 Å². The Morgan fingerprint density at radius 2 is 1.61 bits per heavy atom. The van der Waals surface area contributed by atoms with Gasteiger partial charge in [-0.1, -0.05) is 0 Å². The standard InChI is InChI=1S/C14H29N3O/c1-18-11-6-13-2-7-16(8-3-13)12-14-4-9-17(15)10-5-14/h13-14H,2-12,15H2,1H3. The van der Waals surface area contributed by atoms with Gasteiger partial charge in [0, 0.05) is 33.4 Å². The molecule has 0 bridgehead atoms. The predicted octanol–water partition coefficient (Wildman–Crippen LogP) is 1.32. The van der Waals surface area contributed by atoms with Crippen molar-refractivity contribution in [2.75, 3.05) is 46.4 Å². The highest BCUT2D eigenvalue weighted by Crippen LogP contribution is 2.23. The van der Waals surface area contributed by atoms with E-state index >= 15 is 0 Å². The molecule has 0 unspecified atom stereocenters. The number of nitrogens with zero attached hydrogens (tertiary/aromatic N) is 2. The maximum atomic E-state index is 5.80. The second-order valence-corrected chi connectivity index (χ2v) is 6.00. The fourth-order valence-corrected chi connectivity index (χ4v) is 3.24. The highest BCUT2D eigenvalue weighted by atomic mass is 16.5. The summed E-state index contributed by atoms with van der Waals surface area (Å²) in [7, 11) is 1.80. The van der Waals surface area contributed by atoms with Crippen molar-refractivity contribution >= 4 is 0 Å². The molecule has 0 aromatic rings. The molecule has 0 saturated carbocycles. The van der Waals surface area contributed by atoms with Gasteiger partial charge in [0.25, 0.3) is 0 Å². The summed E-state index contributed by atoms with van der Waals surface area (Å²) >= 11 is 0. The SMILES string of the molecule is COCCC1CCN(CC2CCN(N)CC2)CC1. The molecule has 2 aliphatic rings. The number of hydrazine groups is 1. The summed E-state index contributed by atoms with van der Waals surface area (Å²) in [6, 6.07) is 0. The van der Waals surface area contributed by atoms with E-state index in [1.807, 2.05) is 5.01 Å². The Morgan fingerprint density at radius 1 is 1.00 bits per heavy atom. The number of ether oxygens (including phenoxy) is 1. The van der Waals surface area contributed by atoms with Crippen LogP contribution in [0, 0.1) is 11.8 Å². The van der Waals surface area contributed by atoms with Crippen LogP contribution in [0.3, 0.4) is 0 Å². The van der Waals surface area contributed by atoms with Gasteiger partial charge in [-0.05, 0) is 57.0 Å². The summed E-state index contributed by atoms with van der Waals surface area (Å²) in [6.45, 7) is 6.96. The summed E-state index contributed by atoms with van der Waals surface area (Å²) < 4.78 is 5.17. The van der Waals surface area contributed by atoms with Gasteiger partial charge < -0.3 is 9.64 Å². The minimum absolute atomic E-state index is 0.875. The summed E-state index contributed by atoms with van der Waals surface area (Å²) in [5.74, 6) is 7.57. The molecule has 2 fully saturated rings. The van der Waals surface area contributed by atoms with Gasteiger partial charge in [0.1, 0.15) is 0 Å². The molecular weight excluding hydrogens is 226 g/mol. The number of likely N-dealkylation sites (tertiary alicyclic amines) is 1. The zero-order valence-electron chi connectivity index (χ0n) is 11.8. The van der Waals surface area contributed by atoms with Crippen LogP contribution in [0.5, 0.6) is 0 Å². The van der Waals surface area contributed by atoms with E-state index in [2.05, 4.69) is 4.90 Å². The molecule has 0 atom stereocenters. The van der Waals surface area contributed by atoms with Crippen molar-refractivity contribution in [3.05, 3.63) is 0 Å². The number of hydrogen-bond donors (Lipinski definition) is 1. The van der Waals surface area contributed by atoms with E-state index in [4.69, 9.17) is 10.6 Å². The van der Waals surface area contributed by atoms with Gasteiger partial charge in [-0.3, -0.25) is 5.84 Å². The van der Waals surface area contributed by atoms with Crippen molar-refractivity contribution in [3.8, 4) is 0 Å². The first-order chi connectivity index (χ1) is 8.78. The average Bonchev–Trinajstić information content (AvgIpc) is 2.41. The summed E-state index contributed by atoms with van der Waals surface area (Å²) in [5.41, 5.74) is 0. The zero-order chi connectivity index (χ0) is 12.8.